The van der Waals surface area contributed by atoms with Crippen molar-refractivity contribution in [2.24, 2.45) is 0 Å². The number of hydrogen-bond acceptors (Lipinski definition) is 5. The van der Waals surface area contributed by atoms with Gasteiger partial charge in [0.15, 0.2) is 0 Å². The summed E-state index contributed by atoms with van der Waals surface area (Å²) in [4.78, 5) is 4.18. The van der Waals surface area contributed by atoms with E-state index < -0.39 is 15.3 Å². The van der Waals surface area contributed by atoms with Gasteiger partial charge in [-0.15, -0.1) is 0 Å². The highest BCUT2D eigenvalue weighted by Gasteiger charge is 2.22. The first kappa shape index (κ1) is 15.5. The van der Waals surface area contributed by atoms with Crippen molar-refractivity contribution in [2.45, 2.75) is 18.6 Å². The second-order valence-electron chi connectivity index (χ2n) is 4.61. The third kappa shape index (κ3) is 3.79. The molecule has 0 aliphatic heterocycles. The zero-order valence-electron chi connectivity index (χ0n) is 11.9. The minimum absolute atomic E-state index is 0.387. The molecular formula is C13H18N4O3S. The van der Waals surface area contributed by atoms with E-state index in [1.54, 1.807) is 32.4 Å². The Morgan fingerprint density at radius 1 is 1.43 bits per heavy atom. The number of rotatable bonds is 7. The fraction of sp³-hybridized carbons (Fsp3) is 0.385. The monoisotopic (exact) mass is 310 g/mol. The number of hydrogen-bond donors (Lipinski definition) is 2. The van der Waals surface area contributed by atoms with E-state index in [1.807, 2.05) is 6.07 Å². The van der Waals surface area contributed by atoms with Crippen molar-refractivity contribution in [3.8, 4) is 11.4 Å². The van der Waals surface area contributed by atoms with Crippen molar-refractivity contribution in [3.63, 3.8) is 0 Å². The topological polar surface area (TPSA) is 97.0 Å². The lowest BCUT2D eigenvalue weighted by Gasteiger charge is -2.14. The van der Waals surface area contributed by atoms with Crippen LogP contribution in [0.1, 0.15) is 13.3 Å². The van der Waals surface area contributed by atoms with Crippen LogP contribution in [0.25, 0.3) is 11.4 Å². The van der Waals surface area contributed by atoms with Gasteiger partial charge in [0, 0.05) is 19.9 Å². The molecule has 0 bridgehead atoms. The smallest absolute Gasteiger partial charge is 0.235 e. The highest BCUT2D eigenvalue weighted by Crippen LogP contribution is 2.25. The van der Waals surface area contributed by atoms with Crippen LogP contribution in [0.4, 0.5) is 5.69 Å². The van der Waals surface area contributed by atoms with E-state index in [0.29, 0.717) is 30.1 Å². The summed E-state index contributed by atoms with van der Waals surface area (Å²) in [6.45, 7) is 2.03. The van der Waals surface area contributed by atoms with Gasteiger partial charge in [-0.3, -0.25) is 14.8 Å². The molecule has 0 fully saturated rings. The second kappa shape index (κ2) is 6.68. The summed E-state index contributed by atoms with van der Waals surface area (Å²) in [5.74, 6) is 0. The first-order valence-corrected chi connectivity index (χ1v) is 8.04. The number of aromatic amines is 1. The van der Waals surface area contributed by atoms with E-state index in [4.69, 9.17) is 4.74 Å². The van der Waals surface area contributed by atoms with E-state index in [1.165, 1.54) is 6.20 Å². The highest BCUT2D eigenvalue weighted by molar-refractivity contribution is 7.93. The molecule has 2 aromatic rings. The van der Waals surface area contributed by atoms with Gasteiger partial charge in [0.1, 0.15) is 5.69 Å². The predicted molar refractivity (Wildman–Crippen MR) is 80.3 cm³/mol. The molecule has 8 heteroatoms. The van der Waals surface area contributed by atoms with E-state index in [-0.39, 0.29) is 0 Å². The van der Waals surface area contributed by atoms with Crippen molar-refractivity contribution in [1.29, 1.82) is 0 Å². The molecule has 0 aliphatic carbocycles. The van der Waals surface area contributed by atoms with Gasteiger partial charge >= 0.3 is 0 Å². The van der Waals surface area contributed by atoms with Gasteiger partial charge in [-0.05, 0) is 25.5 Å². The number of pyridine rings is 1. The lowest BCUT2D eigenvalue weighted by Crippen LogP contribution is -2.26. The van der Waals surface area contributed by atoms with Gasteiger partial charge < -0.3 is 4.74 Å². The van der Waals surface area contributed by atoms with E-state index in [2.05, 4.69) is 19.9 Å². The molecule has 0 aliphatic rings. The Labute approximate surface area is 123 Å². The van der Waals surface area contributed by atoms with Crippen LogP contribution in [0, 0.1) is 0 Å². The quantitative estimate of drug-likeness (QED) is 0.810. The SMILES string of the molecule is COCC[C@H](C)S(=O)(=O)Nc1cn[nH]c1-c1ccccn1. The number of anilines is 1. The molecule has 0 radical (unpaired) electrons. The van der Waals surface area contributed by atoms with Crippen LogP contribution >= 0.6 is 0 Å². The van der Waals surface area contributed by atoms with Crippen LogP contribution in [0.2, 0.25) is 0 Å². The van der Waals surface area contributed by atoms with Crippen molar-refractivity contribution in [3.05, 3.63) is 30.6 Å². The maximum absolute atomic E-state index is 12.3. The first-order valence-electron chi connectivity index (χ1n) is 6.50. The Hall–Kier alpha value is -1.93. The number of nitrogens with one attached hydrogen (secondary N) is 2. The van der Waals surface area contributed by atoms with Crippen LogP contribution in [-0.2, 0) is 14.8 Å². The third-order valence-corrected chi connectivity index (χ3v) is 4.87. The molecule has 7 nitrogen and oxygen atoms in total. The Bertz CT molecular complexity index is 670. The maximum atomic E-state index is 12.3. The number of nitrogens with zero attached hydrogens (tertiary/aromatic N) is 2. The largest absolute Gasteiger partial charge is 0.385 e. The van der Waals surface area contributed by atoms with Crippen molar-refractivity contribution >= 4 is 15.7 Å². The van der Waals surface area contributed by atoms with Gasteiger partial charge in [0.05, 0.1) is 22.8 Å². The molecule has 114 valence electrons. The average molecular weight is 310 g/mol. The van der Waals surface area contributed by atoms with E-state index in [9.17, 15) is 8.42 Å². The zero-order valence-corrected chi connectivity index (χ0v) is 12.7. The lowest BCUT2D eigenvalue weighted by molar-refractivity contribution is 0.194. The van der Waals surface area contributed by atoms with Crippen LogP contribution in [0.5, 0.6) is 0 Å². The molecule has 21 heavy (non-hydrogen) atoms. The predicted octanol–water partition coefficient (Wildman–Crippen LogP) is 1.64. The molecule has 0 unspecified atom stereocenters. The molecule has 0 amide bonds. The molecule has 2 heterocycles. The van der Waals surface area contributed by atoms with E-state index in [0.717, 1.165) is 0 Å². The normalized spacial score (nSPS) is 13.0. The second-order valence-corrected chi connectivity index (χ2v) is 6.71. The third-order valence-electron chi connectivity index (χ3n) is 3.07. The van der Waals surface area contributed by atoms with Gasteiger partial charge in [-0.25, -0.2) is 8.42 Å². The zero-order chi connectivity index (χ0) is 15.3. The molecule has 0 aromatic carbocycles. The van der Waals surface area contributed by atoms with Crippen molar-refractivity contribution < 1.29 is 13.2 Å². The molecule has 2 N–H and O–H groups in total. The molecule has 0 saturated heterocycles. The van der Waals surface area contributed by atoms with Crippen LogP contribution < -0.4 is 4.72 Å². The molecule has 2 aromatic heterocycles. The van der Waals surface area contributed by atoms with E-state index >= 15 is 0 Å². The van der Waals surface area contributed by atoms with Gasteiger partial charge in [0.25, 0.3) is 0 Å². The first-order chi connectivity index (χ1) is 10.0. The minimum Gasteiger partial charge on any atom is -0.385 e. The summed E-state index contributed by atoms with van der Waals surface area (Å²) in [6.07, 6.45) is 3.49. The van der Waals surface area contributed by atoms with Crippen LogP contribution in [0.15, 0.2) is 30.6 Å². The van der Waals surface area contributed by atoms with Gasteiger partial charge in [0.2, 0.25) is 10.0 Å². The summed E-state index contributed by atoms with van der Waals surface area (Å²) < 4.78 is 32.0. The fourth-order valence-electron chi connectivity index (χ4n) is 1.76. The molecule has 0 saturated carbocycles. The Morgan fingerprint density at radius 3 is 2.90 bits per heavy atom. The summed E-state index contributed by atoms with van der Waals surface area (Å²) in [5.41, 5.74) is 1.55. The number of aromatic nitrogens is 3. The van der Waals surface area contributed by atoms with Crippen LogP contribution in [0.3, 0.4) is 0 Å². The standard InChI is InChI=1S/C13H18N4O3S/c1-10(6-8-20-2)21(18,19)17-12-9-15-16-13(12)11-5-3-4-7-14-11/h3-5,7,9-10,17H,6,8H2,1-2H3,(H,15,16)/t10-/m0/s1. The molecular weight excluding hydrogens is 292 g/mol. The average Bonchev–Trinajstić information content (AvgIpc) is 2.93. The lowest BCUT2D eigenvalue weighted by atomic mass is 10.2. The number of sulfonamides is 1. The summed E-state index contributed by atoms with van der Waals surface area (Å²) in [6, 6.07) is 5.39. The number of ether oxygens (including phenoxy) is 1. The van der Waals surface area contributed by atoms with Crippen LogP contribution in [-0.4, -0.2) is 42.6 Å². The summed E-state index contributed by atoms with van der Waals surface area (Å²) >= 11 is 0. The maximum Gasteiger partial charge on any atom is 0.235 e. The van der Waals surface area contributed by atoms with Gasteiger partial charge in [-0.2, -0.15) is 5.10 Å². The van der Waals surface area contributed by atoms with Crippen molar-refractivity contribution in [1.82, 2.24) is 15.2 Å². The Balaban J connectivity index is 2.19. The van der Waals surface area contributed by atoms with Gasteiger partial charge in [-0.1, -0.05) is 6.07 Å². The number of H-pyrrole nitrogens is 1. The highest BCUT2D eigenvalue weighted by atomic mass is 32.2. The summed E-state index contributed by atoms with van der Waals surface area (Å²) in [7, 11) is -1.96. The Morgan fingerprint density at radius 2 is 2.24 bits per heavy atom. The summed E-state index contributed by atoms with van der Waals surface area (Å²) in [5, 5.41) is 6.08. The minimum atomic E-state index is -3.50. The molecule has 1 atom stereocenters. The Kier molecular flexibility index (Phi) is 4.92. The van der Waals surface area contributed by atoms with Crippen molar-refractivity contribution in [2.75, 3.05) is 18.4 Å². The number of methoxy groups -OCH3 is 1. The molecule has 2 rings (SSSR count). The fourth-order valence-corrected chi connectivity index (χ4v) is 2.83. The molecule has 0 spiro atoms.